The molecular weight excluding hydrogens is 236 g/mol. The van der Waals surface area contributed by atoms with Crippen LogP contribution in [0.3, 0.4) is 0 Å². The Kier molecular flexibility index (Phi) is 5.37. The Labute approximate surface area is 116 Å². The fraction of sp³-hybridized carbons (Fsp3) is 0.625. The number of hydrogen-bond donors (Lipinski definition) is 1. The molecule has 3 heteroatoms. The highest BCUT2D eigenvalue weighted by Crippen LogP contribution is 2.29. The average Bonchev–Trinajstić information content (AvgIpc) is 2.45. The molecule has 3 unspecified atom stereocenters. The first-order valence-electron chi connectivity index (χ1n) is 7.29. The Morgan fingerprint density at radius 3 is 2.68 bits per heavy atom. The third-order valence-electron chi connectivity index (χ3n) is 4.11. The normalized spacial score (nSPS) is 24.1. The van der Waals surface area contributed by atoms with Gasteiger partial charge in [0.2, 0.25) is 0 Å². The highest BCUT2D eigenvalue weighted by atomic mass is 16.5. The molecule has 0 aliphatic carbocycles. The number of likely N-dealkylation sites (tertiary alicyclic amines) is 1. The zero-order valence-corrected chi connectivity index (χ0v) is 12.1. The van der Waals surface area contributed by atoms with Gasteiger partial charge >= 0.3 is 0 Å². The van der Waals surface area contributed by atoms with Crippen LogP contribution in [0, 0.1) is 0 Å². The molecule has 1 fully saturated rings. The molecule has 0 spiro atoms. The van der Waals surface area contributed by atoms with Crippen molar-refractivity contribution in [1.82, 2.24) is 4.90 Å². The summed E-state index contributed by atoms with van der Waals surface area (Å²) in [6, 6.07) is 11.6. The second-order valence-corrected chi connectivity index (χ2v) is 5.54. The molecule has 0 radical (unpaired) electrons. The van der Waals surface area contributed by atoms with Crippen LogP contribution in [-0.2, 0) is 4.74 Å². The molecule has 2 N–H and O–H groups in total. The highest BCUT2D eigenvalue weighted by Gasteiger charge is 2.31. The molecule has 1 aromatic carbocycles. The van der Waals surface area contributed by atoms with Gasteiger partial charge in [0, 0.05) is 19.2 Å². The van der Waals surface area contributed by atoms with E-state index in [9.17, 15) is 0 Å². The van der Waals surface area contributed by atoms with E-state index in [2.05, 4.69) is 42.2 Å². The van der Waals surface area contributed by atoms with Gasteiger partial charge in [-0.15, -0.1) is 0 Å². The van der Waals surface area contributed by atoms with E-state index in [4.69, 9.17) is 10.5 Å². The number of benzene rings is 1. The van der Waals surface area contributed by atoms with Crippen molar-refractivity contribution in [1.29, 1.82) is 0 Å². The van der Waals surface area contributed by atoms with Gasteiger partial charge in [-0.1, -0.05) is 36.8 Å². The minimum atomic E-state index is 0.211. The standard InChI is InChI=1S/C16H26N2O/c1-13(17)15-10-6-7-11-18(15)16(12-19-2)14-8-4-3-5-9-14/h3-5,8-9,13,15-16H,6-7,10-12,17H2,1-2H3. The van der Waals surface area contributed by atoms with Crippen LogP contribution in [0.15, 0.2) is 30.3 Å². The predicted octanol–water partition coefficient (Wildman–Crippen LogP) is 2.58. The first-order chi connectivity index (χ1) is 9.24. The molecule has 19 heavy (non-hydrogen) atoms. The van der Waals surface area contributed by atoms with E-state index in [1.165, 1.54) is 24.8 Å². The van der Waals surface area contributed by atoms with E-state index in [0.717, 1.165) is 13.2 Å². The minimum absolute atomic E-state index is 0.211. The molecule has 1 aliphatic heterocycles. The van der Waals surface area contributed by atoms with Crippen molar-refractivity contribution in [2.45, 2.75) is 44.3 Å². The molecule has 0 aromatic heterocycles. The number of rotatable bonds is 5. The van der Waals surface area contributed by atoms with Gasteiger partial charge in [0.05, 0.1) is 12.6 Å². The Morgan fingerprint density at radius 2 is 2.05 bits per heavy atom. The van der Waals surface area contributed by atoms with Crippen LogP contribution in [0.5, 0.6) is 0 Å². The van der Waals surface area contributed by atoms with Gasteiger partial charge in [0.1, 0.15) is 0 Å². The summed E-state index contributed by atoms with van der Waals surface area (Å²) < 4.78 is 5.46. The largest absolute Gasteiger partial charge is 0.383 e. The fourth-order valence-electron chi connectivity index (χ4n) is 3.15. The summed E-state index contributed by atoms with van der Waals surface area (Å²) in [6.07, 6.45) is 3.75. The number of nitrogens with two attached hydrogens (primary N) is 1. The maximum absolute atomic E-state index is 6.19. The van der Waals surface area contributed by atoms with Gasteiger partial charge in [-0.3, -0.25) is 4.90 Å². The lowest BCUT2D eigenvalue weighted by Gasteiger charge is -2.43. The lowest BCUT2D eigenvalue weighted by atomic mass is 9.93. The predicted molar refractivity (Wildman–Crippen MR) is 79.1 cm³/mol. The molecule has 2 rings (SSSR count). The zero-order valence-electron chi connectivity index (χ0n) is 12.1. The summed E-state index contributed by atoms with van der Waals surface area (Å²) in [4.78, 5) is 2.55. The van der Waals surface area contributed by atoms with E-state index in [1.54, 1.807) is 7.11 Å². The number of hydrogen-bond acceptors (Lipinski definition) is 3. The molecule has 1 saturated heterocycles. The van der Waals surface area contributed by atoms with Crippen molar-refractivity contribution in [3.63, 3.8) is 0 Å². The summed E-state index contributed by atoms with van der Waals surface area (Å²) in [5.74, 6) is 0. The molecule has 1 heterocycles. The smallest absolute Gasteiger partial charge is 0.0659 e. The van der Waals surface area contributed by atoms with Crippen molar-refractivity contribution >= 4 is 0 Å². The number of methoxy groups -OCH3 is 1. The summed E-state index contributed by atoms with van der Waals surface area (Å²) >= 11 is 0. The van der Waals surface area contributed by atoms with Gasteiger partial charge in [-0.05, 0) is 31.9 Å². The van der Waals surface area contributed by atoms with E-state index in [0.29, 0.717) is 12.1 Å². The SMILES string of the molecule is COCC(c1ccccc1)N1CCCCC1C(C)N. The van der Waals surface area contributed by atoms with Gasteiger partial charge < -0.3 is 10.5 Å². The lowest BCUT2D eigenvalue weighted by Crippen LogP contribution is -2.51. The average molecular weight is 262 g/mol. The Balaban J connectivity index is 2.21. The van der Waals surface area contributed by atoms with Crippen molar-refractivity contribution in [3.05, 3.63) is 35.9 Å². The van der Waals surface area contributed by atoms with Crippen LogP contribution < -0.4 is 5.73 Å². The van der Waals surface area contributed by atoms with Crippen LogP contribution in [0.2, 0.25) is 0 Å². The zero-order chi connectivity index (χ0) is 13.7. The number of piperidine rings is 1. The van der Waals surface area contributed by atoms with Crippen molar-refractivity contribution in [2.75, 3.05) is 20.3 Å². The number of ether oxygens (including phenoxy) is 1. The van der Waals surface area contributed by atoms with Gasteiger partial charge in [-0.25, -0.2) is 0 Å². The molecule has 3 atom stereocenters. The van der Waals surface area contributed by atoms with Crippen LogP contribution in [-0.4, -0.2) is 37.2 Å². The van der Waals surface area contributed by atoms with Crippen molar-refractivity contribution in [2.24, 2.45) is 5.73 Å². The van der Waals surface area contributed by atoms with Crippen LogP contribution in [0.25, 0.3) is 0 Å². The second kappa shape index (κ2) is 7.04. The topological polar surface area (TPSA) is 38.5 Å². The Bertz CT molecular complexity index is 366. The molecule has 1 aliphatic rings. The lowest BCUT2D eigenvalue weighted by molar-refractivity contribution is 0.0318. The molecule has 106 valence electrons. The molecule has 0 bridgehead atoms. The fourth-order valence-corrected chi connectivity index (χ4v) is 3.15. The summed E-state index contributed by atoms with van der Waals surface area (Å²) in [5, 5.41) is 0. The molecule has 0 saturated carbocycles. The van der Waals surface area contributed by atoms with Gasteiger partial charge in [-0.2, -0.15) is 0 Å². The minimum Gasteiger partial charge on any atom is -0.383 e. The summed E-state index contributed by atoms with van der Waals surface area (Å²) in [5.41, 5.74) is 7.52. The van der Waals surface area contributed by atoms with E-state index >= 15 is 0 Å². The van der Waals surface area contributed by atoms with E-state index in [1.807, 2.05) is 0 Å². The number of nitrogens with zero attached hydrogens (tertiary/aromatic N) is 1. The molecule has 1 aromatic rings. The maximum atomic E-state index is 6.19. The van der Waals surface area contributed by atoms with Crippen molar-refractivity contribution < 1.29 is 4.74 Å². The quantitative estimate of drug-likeness (QED) is 0.886. The Hall–Kier alpha value is -0.900. The highest BCUT2D eigenvalue weighted by molar-refractivity contribution is 5.19. The summed E-state index contributed by atoms with van der Waals surface area (Å²) in [7, 11) is 1.78. The van der Waals surface area contributed by atoms with Crippen LogP contribution in [0.1, 0.15) is 37.8 Å². The van der Waals surface area contributed by atoms with E-state index in [-0.39, 0.29) is 6.04 Å². The van der Waals surface area contributed by atoms with Crippen molar-refractivity contribution in [3.8, 4) is 0 Å². The molecule has 3 nitrogen and oxygen atoms in total. The third kappa shape index (κ3) is 3.56. The molecular formula is C16H26N2O. The maximum Gasteiger partial charge on any atom is 0.0659 e. The third-order valence-corrected chi connectivity index (χ3v) is 4.11. The van der Waals surface area contributed by atoms with E-state index < -0.39 is 0 Å². The second-order valence-electron chi connectivity index (χ2n) is 5.54. The van der Waals surface area contributed by atoms with Crippen LogP contribution >= 0.6 is 0 Å². The van der Waals surface area contributed by atoms with Crippen LogP contribution in [0.4, 0.5) is 0 Å². The summed E-state index contributed by atoms with van der Waals surface area (Å²) in [6.45, 7) is 3.97. The molecule has 0 amide bonds. The van der Waals surface area contributed by atoms with Gasteiger partial charge in [0.25, 0.3) is 0 Å². The first-order valence-corrected chi connectivity index (χ1v) is 7.29. The Morgan fingerprint density at radius 1 is 1.32 bits per heavy atom. The van der Waals surface area contributed by atoms with Gasteiger partial charge in [0.15, 0.2) is 0 Å². The first kappa shape index (κ1) is 14.5. The monoisotopic (exact) mass is 262 g/mol.